The summed E-state index contributed by atoms with van der Waals surface area (Å²) in [7, 11) is -1.81. The monoisotopic (exact) mass is 410 g/mol. The molecule has 0 N–H and O–H groups in total. The molecule has 0 amide bonds. The normalized spacial score (nSPS) is 28.3. The maximum absolute atomic E-state index is 12.4. The van der Waals surface area contributed by atoms with Crippen molar-refractivity contribution in [2.75, 3.05) is 0 Å². The van der Waals surface area contributed by atoms with Crippen LogP contribution < -0.4 is 4.43 Å². The van der Waals surface area contributed by atoms with Crippen LogP contribution in [0.15, 0.2) is 24.3 Å². The van der Waals surface area contributed by atoms with Gasteiger partial charge in [-0.05, 0) is 79.4 Å². The number of fused-ring (bicyclic) bond motifs is 1. The van der Waals surface area contributed by atoms with Crippen LogP contribution in [0, 0.1) is 35.0 Å². The number of hydrogen-bond donors (Lipinski definition) is 0. The zero-order valence-electron chi connectivity index (χ0n) is 19.4. The molecule has 0 heterocycles. The maximum atomic E-state index is 12.4. The molecule has 2 aliphatic rings. The molecule has 2 saturated carbocycles. The van der Waals surface area contributed by atoms with Gasteiger partial charge in [0.2, 0.25) is 8.32 Å². The predicted molar refractivity (Wildman–Crippen MR) is 123 cm³/mol. The molecule has 1 aromatic carbocycles. The van der Waals surface area contributed by atoms with Crippen LogP contribution in [-0.4, -0.2) is 14.1 Å². The number of hydrogen-bond acceptors (Lipinski definition) is 2. The summed E-state index contributed by atoms with van der Waals surface area (Å²) in [4.78, 5) is 12.4. The van der Waals surface area contributed by atoms with E-state index in [2.05, 4.69) is 83.8 Å². The molecular formula is C26H38O2Si. The lowest BCUT2D eigenvalue weighted by Gasteiger charge is -2.41. The van der Waals surface area contributed by atoms with E-state index >= 15 is 0 Å². The summed E-state index contributed by atoms with van der Waals surface area (Å²) in [6, 6.07) is 8.26. The molecule has 0 aliphatic heterocycles. The van der Waals surface area contributed by atoms with Gasteiger partial charge in [-0.25, -0.2) is 0 Å². The van der Waals surface area contributed by atoms with E-state index in [1.807, 2.05) is 0 Å². The van der Waals surface area contributed by atoms with E-state index in [4.69, 9.17) is 4.43 Å². The fourth-order valence-electron chi connectivity index (χ4n) is 5.14. The molecule has 2 unspecified atom stereocenters. The second-order valence-corrected chi connectivity index (χ2v) is 15.7. The van der Waals surface area contributed by atoms with Crippen molar-refractivity contribution in [1.82, 2.24) is 0 Å². The molecule has 158 valence electrons. The second kappa shape index (κ2) is 7.95. The van der Waals surface area contributed by atoms with Gasteiger partial charge in [0, 0.05) is 23.8 Å². The van der Waals surface area contributed by atoms with E-state index in [-0.39, 0.29) is 16.4 Å². The summed E-state index contributed by atoms with van der Waals surface area (Å²) < 4.78 is 6.37. The smallest absolute Gasteiger partial charge is 0.250 e. The lowest BCUT2D eigenvalue weighted by atomic mass is 9.62. The van der Waals surface area contributed by atoms with Gasteiger partial charge in [0.1, 0.15) is 11.5 Å². The minimum atomic E-state index is -1.81. The zero-order chi connectivity index (χ0) is 21.4. The summed E-state index contributed by atoms with van der Waals surface area (Å²) in [6.07, 6.45) is 5.22. The zero-order valence-corrected chi connectivity index (χ0v) is 20.4. The van der Waals surface area contributed by atoms with Crippen molar-refractivity contribution in [1.29, 1.82) is 0 Å². The summed E-state index contributed by atoms with van der Waals surface area (Å²) in [5.41, 5.74) is 1.20. The van der Waals surface area contributed by atoms with Crippen LogP contribution >= 0.6 is 0 Å². The standard InChI is InChI=1S/C26H38O2Si/c1-19(22-16-17-23-24(27)9-8-18-26(22,23)5)10-11-20-12-14-21(15-13-20)28-29(6,7)25(2,3)4/h12-15,19,22-23H,8-9,16-18H2,1-7H3/t19-,22?,23?,26-/m1/s1. The minimum Gasteiger partial charge on any atom is -0.544 e. The van der Waals surface area contributed by atoms with Gasteiger partial charge < -0.3 is 4.43 Å². The van der Waals surface area contributed by atoms with Gasteiger partial charge in [-0.2, -0.15) is 0 Å². The van der Waals surface area contributed by atoms with Crippen LogP contribution in [0.5, 0.6) is 5.75 Å². The summed E-state index contributed by atoms with van der Waals surface area (Å²) >= 11 is 0. The molecule has 0 radical (unpaired) electrons. The quantitative estimate of drug-likeness (QED) is 0.402. The molecular weight excluding hydrogens is 372 g/mol. The lowest BCUT2D eigenvalue weighted by Crippen LogP contribution is -2.43. The molecule has 0 saturated heterocycles. The highest BCUT2D eigenvalue weighted by Crippen LogP contribution is 2.56. The van der Waals surface area contributed by atoms with Crippen LogP contribution in [0.3, 0.4) is 0 Å². The van der Waals surface area contributed by atoms with Crippen LogP contribution in [0.1, 0.15) is 72.3 Å². The second-order valence-electron chi connectivity index (χ2n) is 11.0. The average Bonchev–Trinajstić information content (AvgIpc) is 2.98. The first-order chi connectivity index (χ1) is 13.4. The molecule has 2 fully saturated rings. The van der Waals surface area contributed by atoms with Gasteiger partial charge in [0.05, 0.1) is 0 Å². The van der Waals surface area contributed by atoms with Gasteiger partial charge in [0.25, 0.3) is 0 Å². The Hall–Kier alpha value is -1.53. The largest absolute Gasteiger partial charge is 0.544 e. The third-order valence-corrected chi connectivity index (χ3v) is 12.4. The third-order valence-electron chi connectivity index (χ3n) is 8.02. The summed E-state index contributed by atoms with van der Waals surface area (Å²) in [5, 5.41) is 0.191. The Kier molecular flexibility index (Phi) is 6.07. The van der Waals surface area contributed by atoms with Gasteiger partial charge in [-0.1, -0.05) is 46.5 Å². The van der Waals surface area contributed by atoms with E-state index in [1.54, 1.807) is 0 Å². The fraction of sp³-hybridized carbons (Fsp3) is 0.654. The number of carbonyl (C=O) groups is 1. The molecule has 0 spiro atoms. The fourth-order valence-corrected chi connectivity index (χ4v) is 6.17. The van der Waals surface area contributed by atoms with Crippen LogP contribution in [-0.2, 0) is 4.79 Å². The molecule has 2 nitrogen and oxygen atoms in total. The topological polar surface area (TPSA) is 26.3 Å². The van der Waals surface area contributed by atoms with Crippen LogP contribution in [0.2, 0.25) is 18.1 Å². The van der Waals surface area contributed by atoms with Crippen LogP contribution in [0.4, 0.5) is 0 Å². The van der Waals surface area contributed by atoms with E-state index in [9.17, 15) is 4.79 Å². The lowest BCUT2D eigenvalue weighted by molar-refractivity contribution is -0.129. The predicted octanol–water partition coefficient (Wildman–Crippen LogP) is 6.84. The van der Waals surface area contributed by atoms with Gasteiger partial charge in [0.15, 0.2) is 0 Å². The number of ketones is 1. The number of rotatable bonds is 3. The highest BCUT2D eigenvalue weighted by atomic mass is 28.4. The Bertz CT molecular complexity index is 806. The highest BCUT2D eigenvalue weighted by Gasteiger charge is 2.52. The SMILES string of the molecule is C[C@H](C#Cc1ccc(O[Si](C)(C)C(C)(C)C)cc1)C1CCC2C(=O)CCC[C@@]21C. The average molecular weight is 411 g/mol. The first-order valence-electron chi connectivity index (χ1n) is 11.3. The number of benzene rings is 1. The van der Waals surface area contributed by atoms with Crippen LogP contribution in [0.25, 0.3) is 0 Å². The van der Waals surface area contributed by atoms with E-state index < -0.39 is 8.32 Å². The molecule has 4 atom stereocenters. The molecule has 1 aromatic rings. The Balaban J connectivity index is 1.68. The van der Waals surface area contributed by atoms with Crippen molar-refractivity contribution in [3.63, 3.8) is 0 Å². The minimum absolute atomic E-state index is 0.157. The van der Waals surface area contributed by atoms with E-state index in [1.165, 1.54) is 6.42 Å². The molecule has 0 bridgehead atoms. The van der Waals surface area contributed by atoms with Crippen molar-refractivity contribution < 1.29 is 9.22 Å². The Morgan fingerprint density at radius 3 is 2.45 bits per heavy atom. The van der Waals surface area contributed by atoms with Crippen molar-refractivity contribution in [2.45, 2.75) is 84.9 Å². The summed E-state index contributed by atoms with van der Waals surface area (Å²) in [6.45, 7) is 15.9. The van der Waals surface area contributed by atoms with E-state index in [0.29, 0.717) is 17.6 Å². The van der Waals surface area contributed by atoms with Crippen molar-refractivity contribution in [3.8, 4) is 17.6 Å². The maximum Gasteiger partial charge on any atom is 0.250 e. The third kappa shape index (κ3) is 4.48. The highest BCUT2D eigenvalue weighted by molar-refractivity contribution is 6.74. The molecule has 0 aromatic heterocycles. The molecule has 3 heteroatoms. The first kappa shape index (κ1) is 22.2. The molecule has 2 aliphatic carbocycles. The first-order valence-corrected chi connectivity index (χ1v) is 14.2. The Labute approximate surface area is 178 Å². The van der Waals surface area contributed by atoms with Crippen molar-refractivity contribution in [3.05, 3.63) is 29.8 Å². The molecule has 3 rings (SSSR count). The van der Waals surface area contributed by atoms with Crippen molar-refractivity contribution in [2.24, 2.45) is 23.2 Å². The van der Waals surface area contributed by atoms with E-state index in [0.717, 1.165) is 37.0 Å². The van der Waals surface area contributed by atoms with Gasteiger partial charge in [-0.15, -0.1) is 0 Å². The number of carbonyl (C=O) groups excluding carboxylic acids is 1. The Morgan fingerprint density at radius 1 is 1.17 bits per heavy atom. The van der Waals surface area contributed by atoms with Crippen molar-refractivity contribution >= 4 is 14.1 Å². The van der Waals surface area contributed by atoms with Gasteiger partial charge in [-0.3, -0.25) is 4.79 Å². The number of Topliss-reactive ketones (excluding diaryl/α,β-unsaturated/α-hetero) is 1. The Morgan fingerprint density at radius 2 is 1.83 bits per heavy atom. The van der Waals surface area contributed by atoms with Gasteiger partial charge >= 0.3 is 0 Å². The summed E-state index contributed by atoms with van der Waals surface area (Å²) in [5.74, 6) is 9.47. The molecule has 29 heavy (non-hydrogen) atoms.